The monoisotopic (exact) mass is 487 g/mol. The minimum atomic E-state index is -1.39. The van der Waals surface area contributed by atoms with Crippen LogP contribution in [0.4, 0.5) is 5.69 Å². The van der Waals surface area contributed by atoms with Crippen molar-refractivity contribution in [3.05, 3.63) is 63.1 Å². The predicted molar refractivity (Wildman–Crippen MR) is 120 cm³/mol. The minimum Gasteiger partial charge on any atom is -0.369 e. The number of imide groups is 1. The molecule has 0 radical (unpaired) electrons. The standard InChI is InChI=1S/C23H20Cl2N4O4/c1-10-13(24)7-6-12-19(10)27-22(33)23(12)18-17(15(28-23)8-16(26)30)20(31)29(21(18)32)9-11-4-2-3-5-14(11)25/h2-7,15,17-18,28H,8-9H2,1H3,(H2,26,30)(H,27,33)/p+1/t15-,17+,18-,23+/m0/s1. The third-order valence-electron chi connectivity index (χ3n) is 7.05. The van der Waals surface area contributed by atoms with Gasteiger partial charge in [0.1, 0.15) is 17.9 Å². The molecule has 170 valence electrons. The maximum absolute atomic E-state index is 13.7. The summed E-state index contributed by atoms with van der Waals surface area (Å²) in [6.45, 7) is 1.76. The third-order valence-corrected chi connectivity index (χ3v) is 7.83. The van der Waals surface area contributed by atoms with Gasteiger partial charge in [-0.25, -0.2) is 0 Å². The van der Waals surface area contributed by atoms with Crippen LogP contribution in [0.15, 0.2) is 36.4 Å². The van der Waals surface area contributed by atoms with Gasteiger partial charge in [-0.1, -0.05) is 41.4 Å². The number of rotatable bonds is 4. The summed E-state index contributed by atoms with van der Waals surface area (Å²) >= 11 is 12.5. The molecular formula is C23H21Cl2N4O4+. The second-order valence-electron chi connectivity index (χ2n) is 8.78. The Hall–Kier alpha value is -2.94. The molecule has 3 aliphatic heterocycles. The lowest BCUT2D eigenvalue weighted by atomic mass is 9.76. The van der Waals surface area contributed by atoms with E-state index in [9.17, 15) is 19.2 Å². The first-order valence-corrected chi connectivity index (χ1v) is 11.3. The number of amides is 4. The van der Waals surface area contributed by atoms with Crippen molar-refractivity contribution >= 4 is 52.5 Å². The van der Waals surface area contributed by atoms with Gasteiger partial charge < -0.3 is 16.4 Å². The normalized spacial score (nSPS) is 27.8. The van der Waals surface area contributed by atoms with Gasteiger partial charge in [0.2, 0.25) is 23.3 Å². The molecule has 2 fully saturated rings. The highest BCUT2D eigenvalue weighted by Crippen LogP contribution is 2.51. The number of halogens is 2. The Bertz CT molecular complexity index is 1250. The van der Waals surface area contributed by atoms with Gasteiger partial charge in [0.25, 0.3) is 5.91 Å². The molecule has 4 atom stereocenters. The molecule has 0 aliphatic carbocycles. The number of anilines is 1. The minimum absolute atomic E-state index is 0.0160. The lowest BCUT2D eigenvalue weighted by molar-refractivity contribution is -0.732. The van der Waals surface area contributed by atoms with Crippen molar-refractivity contribution in [3.63, 3.8) is 0 Å². The lowest BCUT2D eigenvalue weighted by Gasteiger charge is -2.26. The van der Waals surface area contributed by atoms with Crippen LogP contribution in [0.1, 0.15) is 23.1 Å². The van der Waals surface area contributed by atoms with E-state index in [-0.39, 0.29) is 13.0 Å². The van der Waals surface area contributed by atoms with Crippen molar-refractivity contribution in [2.24, 2.45) is 17.6 Å². The summed E-state index contributed by atoms with van der Waals surface area (Å²) in [5, 5.41) is 5.44. The number of benzene rings is 2. The molecule has 5 N–H and O–H groups in total. The van der Waals surface area contributed by atoms with Crippen LogP contribution < -0.4 is 16.4 Å². The Morgan fingerprint density at radius 1 is 1.12 bits per heavy atom. The number of fused-ring (bicyclic) bond motifs is 4. The first-order chi connectivity index (χ1) is 15.7. The number of nitrogens with zero attached hydrogens (tertiary/aromatic N) is 1. The third kappa shape index (κ3) is 3.01. The zero-order valence-electron chi connectivity index (χ0n) is 17.6. The fraction of sp³-hybridized carbons (Fsp3) is 0.304. The second-order valence-corrected chi connectivity index (χ2v) is 9.59. The first kappa shape index (κ1) is 21.9. The largest absolute Gasteiger partial charge is 0.369 e. The predicted octanol–water partition coefficient (Wildman–Crippen LogP) is 1.07. The quantitative estimate of drug-likeness (QED) is 0.557. The fourth-order valence-corrected chi connectivity index (χ4v) is 5.94. The van der Waals surface area contributed by atoms with Crippen molar-refractivity contribution < 1.29 is 24.5 Å². The number of carbonyl (C=O) groups excluding carboxylic acids is 4. The van der Waals surface area contributed by atoms with Gasteiger partial charge >= 0.3 is 0 Å². The summed E-state index contributed by atoms with van der Waals surface area (Å²) in [4.78, 5) is 53.7. The van der Waals surface area contributed by atoms with Gasteiger partial charge in [0, 0.05) is 15.6 Å². The molecule has 0 saturated carbocycles. The van der Waals surface area contributed by atoms with E-state index in [2.05, 4.69) is 5.32 Å². The van der Waals surface area contributed by atoms with Crippen LogP contribution in [0.25, 0.3) is 0 Å². The fourth-order valence-electron chi connectivity index (χ4n) is 5.58. The molecule has 10 heteroatoms. The molecule has 0 bridgehead atoms. The van der Waals surface area contributed by atoms with Crippen LogP contribution in [-0.2, 0) is 31.3 Å². The number of primary amides is 1. The van der Waals surface area contributed by atoms with Crippen LogP contribution in [-0.4, -0.2) is 34.6 Å². The van der Waals surface area contributed by atoms with Gasteiger partial charge in [0.05, 0.1) is 18.7 Å². The molecule has 5 rings (SSSR count). The number of hydrogen-bond donors (Lipinski definition) is 3. The van der Waals surface area contributed by atoms with Crippen LogP contribution in [0.3, 0.4) is 0 Å². The summed E-state index contributed by atoms with van der Waals surface area (Å²) < 4.78 is 0. The van der Waals surface area contributed by atoms with Crippen molar-refractivity contribution in [3.8, 4) is 0 Å². The highest BCUT2D eigenvalue weighted by Gasteiger charge is 2.74. The van der Waals surface area contributed by atoms with Gasteiger partial charge in [-0.05, 0) is 36.2 Å². The molecule has 2 aromatic carbocycles. The molecule has 0 unspecified atom stereocenters. The second kappa shape index (κ2) is 7.55. The number of carbonyl (C=O) groups is 4. The molecule has 33 heavy (non-hydrogen) atoms. The molecule has 8 nitrogen and oxygen atoms in total. The van der Waals surface area contributed by atoms with Gasteiger partial charge in [-0.2, -0.15) is 0 Å². The summed E-state index contributed by atoms with van der Waals surface area (Å²) in [6.07, 6.45) is -0.142. The van der Waals surface area contributed by atoms with Crippen LogP contribution in [0, 0.1) is 18.8 Å². The van der Waals surface area contributed by atoms with E-state index in [0.717, 1.165) is 4.90 Å². The van der Waals surface area contributed by atoms with Crippen molar-refractivity contribution in [1.82, 2.24) is 4.90 Å². The summed E-state index contributed by atoms with van der Waals surface area (Å²) in [6, 6.07) is 9.67. The molecule has 1 spiro atoms. The van der Waals surface area contributed by atoms with E-state index in [1.807, 2.05) is 0 Å². The summed E-state index contributed by atoms with van der Waals surface area (Å²) in [5.41, 5.74) is 6.48. The maximum atomic E-state index is 13.7. The van der Waals surface area contributed by atoms with Crippen molar-refractivity contribution in [2.45, 2.75) is 31.5 Å². The SMILES string of the molecule is Cc1c(Cl)ccc2c1NC(=O)[C@@]21[NH2+][C@@H](CC(N)=O)[C@H]2C(=O)N(Cc3ccccc3Cl)C(=O)[C@H]21. The van der Waals surface area contributed by atoms with Gasteiger partial charge in [0.15, 0.2) is 0 Å². The van der Waals surface area contributed by atoms with E-state index >= 15 is 0 Å². The average molecular weight is 488 g/mol. The zero-order valence-corrected chi connectivity index (χ0v) is 19.1. The summed E-state index contributed by atoms with van der Waals surface area (Å²) in [7, 11) is 0. The van der Waals surface area contributed by atoms with Crippen LogP contribution in [0.2, 0.25) is 10.0 Å². The molecule has 0 aromatic heterocycles. The number of nitrogens with one attached hydrogen (secondary N) is 1. The molecule has 2 aromatic rings. The van der Waals surface area contributed by atoms with Gasteiger partial charge in [-0.3, -0.25) is 24.1 Å². The van der Waals surface area contributed by atoms with Crippen LogP contribution >= 0.6 is 23.2 Å². The Kier molecular flexibility index (Phi) is 5.00. The highest BCUT2D eigenvalue weighted by atomic mass is 35.5. The highest BCUT2D eigenvalue weighted by molar-refractivity contribution is 6.32. The van der Waals surface area contributed by atoms with E-state index in [0.29, 0.717) is 32.4 Å². The number of nitrogens with two attached hydrogens (primary N) is 2. The smallest absolute Gasteiger partial charge is 0.291 e. The number of likely N-dealkylation sites (tertiary alicyclic amines) is 1. The van der Waals surface area contributed by atoms with E-state index in [4.69, 9.17) is 28.9 Å². The van der Waals surface area contributed by atoms with E-state index in [1.165, 1.54) is 0 Å². The molecular weight excluding hydrogens is 467 g/mol. The Morgan fingerprint density at radius 3 is 2.55 bits per heavy atom. The van der Waals surface area contributed by atoms with Crippen molar-refractivity contribution in [1.29, 1.82) is 0 Å². The lowest BCUT2D eigenvalue weighted by Crippen LogP contribution is -2.99. The Labute approximate surface area is 199 Å². The topological polar surface area (TPSA) is 126 Å². The molecule has 3 aliphatic rings. The maximum Gasteiger partial charge on any atom is 0.291 e. The van der Waals surface area contributed by atoms with E-state index in [1.54, 1.807) is 48.6 Å². The molecule has 2 saturated heterocycles. The molecule has 3 heterocycles. The number of quaternary nitrogens is 1. The summed E-state index contributed by atoms with van der Waals surface area (Å²) in [5.74, 6) is -3.79. The average Bonchev–Trinajstić information content (AvgIpc) is 3.33. The molecule has 4 amide bonds. The van der Waals surface area contributed by atoms with E-state index < -0.39 is 47.0 Å². The zero-order chi connectivity index (χ0) is 23.7. The van der Waals surface area contributed by atoms with Crippen molar-refractivity contribution in [2.75, 3.05) is 5.32 Å². The van der Waals surface area contributed by atoms with Gasteiger partial charge in [-0.15, -0.1) is 0 Å². The Balaban J connectivity index is 1.63. The first-order valence-electron chi connectivity index (χ1n) is 10.5. The Morgan fingerprint density at radius 2 is 1.85 bits per heavy atom. The number of hydrogen-bond acceptors (Lipinski definition) is 4. The van der Waals surface area contributed by atoms with Crippen LogP contribution in [0.5, 0.6) is 0 Å².